The van der Waals surface area contributed by atoms with Gasteiger partial charge >= 0.3 is 0 Å². The fraction of sp³-hybridized carbons (Fsp3) is 0.348. The van der Waals surface area contributed by atoms with Crippen molar-refractivity contribution in [2.75, 3.05) is 11.9 Å². The van der Waals surface area contributed by atoms with E-state index in [9.17, 15) is 18.8 Å². The number of nitrogens with one attached hydrogen (secondary N) is 3. The van der Waals surface area contributed by atoms with E-state index in [1.54, 1.807) is 13.8 Å². The van der Waals surface area contributed by atoms with E-state index >= 15 is 0 Å². The highest BCUT2D eigenvalue weighted by molar-refractivity contribution is 5.99. The molecule has 0 fully saturated rings. The summed E-state index contributed by atoms with van der Waals surface area (Å²) in [4.78, 5) is 37.3. The zero-order valence-electron chi connectivity index (χ0n) is 17.9. The average Bonchev–Trinajstić information content (AvgIpc) is 2.67. The number of amides is 3. The number of carbonyl (C=O) groups excluding carboxylic acids is 3. The van der Waals surface area contributed by atoms with E-state index in [0.717, 1.165) is 22.4 Å². The van der Waals surface area contributed by atoms with E-state index in [4.69, 9.17) is 0 Å². The van der Waals surface area contributed by atoms with Crippen molar-refractivity contribution in [3.8, 4) is 0 Å². The minimum atomic E-state index is -0.835. The summed E-state index contributed by atoms with van der Waals surface area (Å²) in [5.74, 6) is -1.97. The van der Waals surface area contributed by atoms with Crippen molar-refractivity contribution in [3.63, 3.8) is 0 Å². The summed E-state index contributed by atoms with van der Waals surface area (Å²) in [6, 6.07) is 8.16. The van der Waals surface area contributed by atoms with Crippen LogP contribution in [0.15, 0.2) is 36.4 Å². The monoisotopic (exact) mass is 413 g/mol. The molecule has 0 radical (unpaired) electrons. The SMILES string of the molecule is Cc1cc(C)c(NC(=O)CNC(=O)C(NC(=O)c2ccc(F)cc2)C(C)C)c(C)c1. The van der Waals surface area contributed by atoms with E-state index in [0.29, 0.717) is 0 Å². The fourth-order valence-corrected chi connectivity index (χ4v) is 3.20. The molecule has 1 unspecified atom stereocenters. The molecule has 0 bridgehead atoms. The first-order valence-corrected chi connectivity index (χ1v) is 9.80. The highest BCUT2D eigenvalue weighted by Gasteiger charge is 2.25. The van der Waals surface area contributed by atoms with Gasteiger partial charge in [-0.15, -0.1) is 0 Å². The molecular formula is C23H28FN3O3. The van der Waals surface area contributed by atoms with Crippen LogP contribution in [0.25, 0.3) is 0 Å². The van der Waals surface area contributed by atoms with Crippen LogP contribution in [0.4, 0.5) is 10.1 Å². The normalized spacial score (nSPS) is 11.7. The highest BCUT2D eigenvalue weighted by Crippen LogP contribution is 2.21. The minimum Gasteiger partial charge on any atom is -0.345 e. The van der Waals surface area contributed by atoms with Crippen molar-refractivity contribution in [2.24, 2.45) is 5.92 Å². The second-order valence-corrected chi connectivity index (χ2v) is 7.74. The van der Waals surface area contributed by atoms with Gasteiger partial charge < -0.3 is 16.0 Å². The Morgan fingerprint density at radius 3 is 2.07 bits per heavy atom. The lowest BCUT2D eigenvalue weighted by Gasteiger charge is -2.22. The molecule has 2 rings (SSSR count). The van der Waals surface area contributed by atoms with E-state index in [-0.39, 0.29) is 23.9 Å². The summed E-state index contributed by atoms with van der Waals surface area (Å²) in [7, 11) is 0. The van der Waals surface area contributed by atoms with Gasteiger partial charge in [0.05, 0.1) is 6.54 Å². The minimum absolute atomic E-state index is 0.209. The molecule has 6 nitrogen and oxygen atoms in total. The van der Waals surface area contributed by atoms with E-state index in [1.807, 2.05) is 32.9 Å². The Morgan fingerprint density at radius 2 is 1.53 bits per heavy atom. The summed E-state index contributed by atoms with van der Waals surface area (Å²) in [6.45, 7) is 9.16. The van der Waals surface area contributed by atoms with Crippen molar-refractivity contribution >= 4 is 23.4 Å². The molecule has 3 amide bonds. The number of anilines is 1. The Hall–Kier alpha value is -3.22. The van der Waals surface area contributed by atoms with Crippen molar-refractivity contribution in [2.45, 2.75) is 40.7 Å². The fourth-order valence-electron chi connectivity index (χ4n) is 3.20. The van der Waals surface area contributed by atoms with Gasteiger partial charge in [-0.1, -0.05) is 31.5 Å². The summed E-state index contributed by atoms with van der Waals surface area (Å²) in [5, 5.41) is 8.04. The Morgan fingerprint density at radius 1 is 0.967 bits per heavy atom. The first kappa shape index (κ1) is 23.1. The molecule has 2 aromatic rings. The zero-order chi connectivity index (χ0) is 22.4. The van der Waals surface area contributed by atoms with Crippen LogP contribution in [0.2, 0.25) is 0 Å². The standard InChI is InChI=1S/C23H28FN3O3/c1-13(2)20(27-22(29)17-6-8-18(24)9-7-17)23(30)25-12-19(28)26-21-15(4)10-14(3)11-16(21)5/h6-11,13,20H,12H2,1-5H3,(H,25,30)(H,26,28)(H,27,29). The van der Waals surface area contributed by atoms with Crippen molar-refractivity contribution in [3.05, 3.63) is 64.5 Å². The van der Waals surface area contributed by atoms with Crippen molar-refractivity contribution < 1.29 is 18.8 Å². The average molecular weight is 413 g/mol. The van der Waals surface area contributed by atoms with E-state index < -0.39 is 23.7 Å². The number of carbonyl (C=O) groups is 3. The van der Waals surface area contributed by atoms with Gasteiger partial charge in [0.15, 0.2) is 0 Å². The van der Waals surface area contributed by atoms with Crippen LogP contribution < -0.4 is 16.0 Å². The molecule has 0 saturated carbocycles. The Labute approximate surface area is 176 Å². The number of halogens is 1. The molecule has 1 atom stereocenters. The third kappa shape index (κ3) is 6.14. The van der Waals surface area contributed by atoms with E-state index in [2.05, 4.69) is 16.0 Å². The number of hydrogen-bond donors (Lipinski definition) is 3. The third-order valence-corrected chi connectivity index (χ3v) is 4.71. The first-order chi connectivity index (χ1) is 14.1. The van der Waals surface area contributed by atoms with Gasteiger partial charge in [-0.2, -0.15) is 0 Å². The van der Waals surface area contributed by atoms with Gasteiger partial charge in [0.25, 0.3) is 5.91 Å². The number of hydrogen-bond acceptors (Lipinski definition) is 3. The van der Waals surface area contributed by atoms with Crippen LogP contribution in [0.1, 0.15) is 40.9 Å². The van der Waals surface area contributed by atoms with Crippen LogP contribution in [0.5, 0.6) is 0 Å². The third-order valence-electron chi connectivity index (χ3n) is 4.71. The Balaban J connectivity index is 1.97. The quantitative estimate of drug-likeness (QED) is 0.651. The molecule has 7 heteroatoms. The van der Waals surface area contributed by atoms with Crippen LogP contribution in [0, 0.1) is 32.5 Å². The van der Waals surface area contributed by atoms with Crippen LogP contribution in [-0.4, -0.2) is 30.3 Å². The molecule has 160 valence electrons. The maximum absolute atomic E-state index is 13.0. The van der Waals surface area contributed by atoms with Gasteiger partial charge in [-0.05, 0) is 62.1 Å². The number of aryl methyl sites for hydroxylation is 3. The van der Waals surface area contributed by atoms with Crippen LogP contribution in [-0.2, 0) is 9.59 Å². The molecule has 2 aromatic carbocycles. The molecule has 0 spiro atoms. The Bertz CT molecular complexity index is 916. The molecule has 0 aromatic heterocycles. The van der Waals surface area contributed by atoms with E-state index in [1.165, 1.54) is 24.3 Å². The molecule has 3 N–H and O–H groups in total. The predicted molar refractivity (Wildman–Crippen MR) is 115 cm³/mol. The Kier molecular flexibility index (Phi) is 7.69. The first-order valence-electron chi connectivity index (χ1n) is 9.80. The topological polar surface area (TPSA) is 87.3 Å². The molecule has 0 saturated heterocycles. The van der Waals surface area contributed by atoms with Crippen molar-refractivity contribution in [1.82, 2.24) is 10.6 Å². The summed E-state index contributed by atoms with van der Waals surface area (Å²) in [6.07, 6.45) is 0. The predicted octanol–water partition coefficient (Wildman–Crippen LogP) is 3.26. The molecule has 0 aliphatic heterocycles. The van der Waals surface area contributed by atoms with Gasteiger partial charge in [0.1, 0.15) is 11.9 Å². The lowest BCUT2D eigenvalue weighted by atomic mass is 10.0. The summed E-state index contributed by atoms with van der Waals surface area (Å²) >= 11 is 0. The second-order valence-electron chi connectivity index (χ2n) is 7.74. The highest BCUT2D eigenvalue weighted by atomic mass is 19.1. The summed E-state index contributed by atoms with van der Waals surface area (Å²) < 4.78 is 13.0. The van der Waals surface area contributed by atoms with Crippen LogP contribution >= 0.6 is 0 Å². The van der Waals surface area contributed by atoms with Gasteiger partial charge in [0, 0.05) is 11.3 Å². The lowest BCUT2D eigenvalue weighted by molar-refractivity contribution is -0.126. The largest absolute Gasteiger partial charge is 0.345 e. The van der Waals surface area contributed by atoms with Crippen LogP contribution in [0.3, 0.4) is 0 Å². The number of benzene rings is 2. The van der Waals surface area contributed by atoms with Gasteiger partial charge in [0.2, 0.25) is 11.8 Å². The molecule has 30 heavy (non-hydrogen) atoms. The summed E-state index contributed by atoms with van der Waals surface area (Å²) in [5.41, 5.74) is 3.97. The molecule has 0 heterocycles. The zero-order valence-corrected chi connectivity index (χ0v) is 17.9. The maximum atomic E-state index is 13.0. The molecule has 0 aliphatic rings. The smallest absolute Gasteiger partial charge is 0.251 e. The molecular weight excluding hydrogens is 385 g/mol. The van der Waals surface area contributed by atoms with Gasteiger partial charge in [-0.25, -0.2) is 4.39 Å². The lowest BCUT2D eigenvalue weighted by Crippen LogP contribution is -2.51. The molecule has 0 aliphatic carbocycles. The second kappa shape index (κ2) is 10.0. The number of rotatable bonds is 7. The maximum Gasteiger partial charge on any atom is 0.251 e. The van der Waals surface area contributed by atoms with Gasteiger partial charge in [-0.3, -0.25) is 14.4 Å². The van der Waals surface area contributed by atoms with Crippen molar-refractivity contribution in [1.29, 1.82) is 0 Å².